The van der Waals surface area contributed by atoms with Gasteiger partial charge in [-0.25, -0.2) is 0 Å². The molecule has 3 atom stereocenters. The Kier molecular flexibility index (Phi) is 4.91. The van der Waals surface area contributed by atoms with Gasteiger partial charge in [0.25, 0.3) is 0 Å². The van der Waals surface area contributed by atoms with Crippen molar-refractivity contribution in [2.75, 3.05) is 6.61 Å². The topological polar surface area (TPSA) is 21.3 Å². The van der Waals surface area contributed by atoms with E-state index in [4.69, 9.17) is 27.9 Å². The Morgan fingerprint density at radius 3 is 2.72 bits per heavy atom. The Hall–Kier alpha value is -0.280. The van der Waals surface area contributed by atoms with Crippen LogP contribution in [0.2, 0.25) is 10.0 Å². The summed E-state index contributed by atoms with van der Waals surface area (Å²) < 4.78 is 5.68. The third-order valence-corrected chi connectivity index (χ3v) is 4.03. The van der Waals surface area contributed by atoms with Crippen LogP contribution in [-0.4, -0.2) is 18.8 Å². The van der Waals surface area contributed by atoms with Crippen LogP contribution in [0.3, 0.4) is 0 Å². The maximum Gasteiger partial charge on any atom is 0.0726 e. The van der Waals surface area contributed by atoms with Gasteiger partial charge in [0, 0.05) is 28.7 Å². The highest BCUT2D eigenvalue weighted by Gasteiger charge is 2.24. The SMILES string of the molecule is CC(NC(C)C1CCCO1)c1ccc(Cl)cc1Cl. The zero-order valence-corrected chi connectivity index (χ0v) is 12.3. The van der Waals surface area contributed by atoms with Gasteiger partial charge in [-0.2, -0.15) is 0 Å². The van der Waals surface area contributed by atoms with E-state index in [1.165, 1.54) is 0 Å². The highest BCUT2D eigenvalue weighted by atomic mass is 35.5. The van der Waals surface area contributed by atoms with Crippen LogP contribution in [0.25, 0.3) is 0 Å². The van der Waals surface area contributed by atoms with Gasteiger partial charge in [-0.15, -0.1) is 0 Å². The fourth-order valence-corrected chi connectivity index (χ4v) is 3.01. The molecule has 0 aromatic heterocycles. The first kappa shape index (κ1) is 14.1. The molecule has 1 fully saturated rings. The predicted octanol–water partition coefficient (Wildman–Crippen LogP) is 4.21. The number of hydrogen-bond donors (Lipinski definition) is 1. The molecule has 3 unspecified atom stereocenters. The van der Waals surface area contributed by atoms with Crippen molar-refractivity contribution in [1.29, 1.82) is 0 Å². The highest BCUT2D eigenvalue weighted by Crippen LogP contribution is 2.27. The Labute approximate surface area is 119 Å². The molecule has 1 aromatic rings. The molecule has 1 N–H and O–H groups in total. The molecule has 0 radical (unpaired) electrons. The Balaban J connectivity index is 2.00. The fourth-order valence-electron chi connectivity index (χ4n) is 2.44. The summed E-state index contributed by atoms with van der Waals surface area (Å²) >= 11 is 12.1. The third-order valence-electron chi connectivity index (χ3n) is 3.46. The molecule has 1 heterocycles. The average Bonchev–Trinajstić information content (AvgIpc) is 2.81. The van der Waals surface area contributed by atoms with Gasteiger partial charge in [-0.1, -0.05) is 29.3 Å². The summed E-state index contributed by atoms with van der Waals surface area (Å²) in [4.78, 5) is 0. The summed E-state index contributed by atoms with van der Waals surface area (Å²) in [7, 11) is 0. The van der Waals surface area contributed by atoms with E-state index >= 15 is 0 Å². The van der Waals surface area contributed by atoms with E-state index in [-0.39, 0.29) is 6.04 Å². The van der Waals surface area contributed by atoms with E-state index in [1.54, 1.807) is 6.07 Å². The van der Waals surface area contributed by atoms with Crippen LogP contribution >= 0.6 is 23.2 Å². The van der Waals surface area contributed by atoms with E-state index in [0.717, 1.165) is 25.0 Å². The first-order valence-corrected chi connectivity index (χ1v) is 7.16. The van der Waals surface area contributed by atoms with E-state index in [1.807, 2.05) is 12.1 Å². The quantitative estimate of drug-likeness (QED) is 0.896. The molecule has 0 spiro atoms. The monoisotopic (exact) mass is 287 g/mol. The molecule has 2 rings (SSSR count). The molecule has 1 aliphatic heterocycles. The Bertz CT molecular complexity index is 405. The zero-order valence-electron chi connectivity index (χ0n) is 10.7. The lowest BCUT2D eigenvalue weighted by atomic mass is 10.0. The van der Waals surface area contributed by atoms with Crippen molar-refractivity contribution in [2.24, 2.45) is 0 Å². The van der Waals surface area contributed by atoms with E-state index in [0.29, 0.717) is 22.2 Å². The lowest BCUT2D eigenvalue weighted by Crippen LogP contribution is -2.38. The van der Waals surface area contributed by atoms with Crippen LogP contribution in [0.4, 0.5) is 0 Å². The smallest absolute Gasteiger partial charge is 0.0726 e. The second-order valence-electron chi connectivity index (χ2n) is 4.89. The van der Waals surface area contributed by atoms with Crippen LogP contribution in [0.15, 0.2) is 18.2 Å². The minimum atomic E-state index is 0.189. The van der Waals surface area contributed by atoms with Gasteiger partial charge in [-0.05, 0) is 44.4 Å². The first-order chi connectivity index (χ1) is 8.58. The van der Waals surface area contributed by atoms with Crippen molar-refractivity contribution in [3.05, 3.63) is 33.8 Å². The molecule has 100 valence electrons. The summed E-state index contributed by atoms with van der Waals surface area (Å²) in [5.74, 6) is 0. The predicted molar refractivity (Wildman–Crippen MR) is 76.4 cm³/mol. The molecular formula is C14H19Cl2NO. The van der Waals surface area contributed by atoms with Crippen molar-refractivity contribution in [3.63, 3.8) is 0 Å². The number of ether oxygens (including phenoxy) is 1. The largest absolute Gasteiger partial charge is 0.377 e. The average molecular weight is 288 g/mol. The van der Waals surface area contributed by atoms with Gasteiger partial charge in [0.1, 0.15) is 0 Å². The van der Waals surface area contributed by atoms with Crippen molar-refractivity contribution >= 4 is 23.2 Å². The molecule has 0 aliphatic carbocycles. The molecule has 4 heteroatoms. The van der Waals surface area contributed by atoms with Gasteiger partial charge in [0.2, 0.25) is 0 Å². The minimum absolute atomic E-state index is 0.189. The number of halogens is 2. The molecule has 1 saturated heterocycles. The molecule has 0 saturated carbocycles. The Morgan fingerprint density at radius 2 is 2.11 bits per heavy atom. The molecular weight excluding hydrogens is 269 g/mol. The number of benzene rings is 1. The number of nitrogens with one attached hydrogen (secondary N) is 1. The maximum absolute atomic E-state index is 6.21. The third kappa shape index (κ3) is 3.39. The van der Waals surface area contributed by atoms with Gasteiger partial charge in [0.05, 0.1) is 6.10 Å². The molecule has 1 aromatic carbocycles. The van der Waals surface area contributed by atoms with Crippen LogP contribution in [0.1, 0.15) is 38.3 Å². The molecule has 18 heavy (non-hydrogen) atoms. The van der Waals surface area contributed by atoms with Gasteiger partial charge in [-0.3, -0.25) is 0 Å². The standard InChI is InChI=1S/C14H19Cl2NO/c1-9(12-6-5-11(15)8-13(12)16)17-10(2)14-4-3-7-18-14/h5-6,8-10,14,17H,3-4,7H2,1-2H3. The summed E-state index contributed by atoms with van der Waals surface area (Å²) in [5.41, 5.74) is 1.07. The highest BCUT2D eigenvalue weighted by molar-refractivity contribution is 6.35. The van der Waals surface area contributed by atoms with Crippen LogP contribution in [0, 0.1) is 0 Å². The molecule has 2 nitrogen and oxygen atoms in total. The van der Waals surface area contributed by atoms with Crippen LogP contribution in [0.5, 0.6) is 0 Å². The lowest BCUT2D eigenvalue weighted by molar-refractivity contribution is 0.0804. The second kappa shape index (κ2) is 6.25. The summed E-state index contributed by atoms with van der Waals surface area (Å²) in [5, 5.41) is 4.93. The second-order valence-corrected chi connectivity index (χ2v) is 5.74. The van der Waals surface area contributed by atoms with Crippen molar-refractivity contribution in [1.82, 2.24) is 5.32 Å². The Morgan fingerprint density at radius 1 is 1.33 bits per heavy atom. The van der Waals surface area contributed by atoms with Crippen molar-refractivity contribution in [3.8, 4) is 0 Å². The van der Waals surface area contributed by atoms with Crippen molar-refractivity contribution in [2.45, 2.75) is 44.9 Å². The number of hydrogen-bond acceptors (Lipinski definition) is 2. The fraction of sp³-hybridized carbons (Fsp3) is 0.571. The van der Waals surface area contributed by atoms with Crippen LogP contribution < -0.4 is 5.32 Å². The lowest BCUT2D eigenvalue weighted by Gasteiger charge is -2.25. The van der Waals surface area contributed by atoms with Gasteiger partial charge < -0.3 is 10.1 Å². The minimum Gasteiger partial charge on any atom is -0.377 e. The van der Waals surface area contributed by atoms with Gasteiger partial charge in [0.15, 0.2) is 0 Å². The molecule has 0 bridgehead atoms. The van der Waals surface area contributed by atoms with E-state index < -0.39 is 0 Å². The van der Waals surface area contributed by atoms with E-state index in [9.17, 15) is 0 Å². The first-order valence-electron chi connectivity index (χ1n) is 6.40. The normalized spacial score (nSPS) is 23.0. The number of rotatable bonds is 4. The van der Waals surface area contributed by atoms with Crippen molar-refractivity contribution < 1.29 is 4.74 Å². The van der Waals surface area contributed by atoms with Crippen LogP contribution in [-0.2, 0) is 4.74 Å². The summed E-state index contributed by atoms with van der Waals surface area (Å²) in [6.07, 6.45) is 2.61. The zero-order chi connectivity index (χ0) is 13.1. The maximum atomic E-state index is 6.21. The summed E-state index contributed by atoms with van der Waals surface area (Å²) in [6, 6.07) is 6.15. The molecule has 0 amide bonds. The van der Waals surface area contributed by atoms with Gasteiger partial charge >= 0.3 is 0 Å². The summed E-state index contributed by atoms with van der Waals surface area (Å²) in [6.45, 7) is 5.16. The molecule has 1 aliphatic rings. The van der Waals surface area contributed by atoms with E-state index in [2.05, 4.69) is 19.2 Å².